The molecule has 2 N–H and O–H groups in total. The van der Waals surface area contributed by atoms with Crippen molar-refractivity contribution in [1.82, 2.24) is 5.32 Å². The van der Waals surface area contributed by atoms with Crippen LogP contribution in [0.5, 0.6) is 0 Å². The Balaban J connectivity index is 2.20. The van der Waals surface area contributed by atoms with Crippen molar-refractivity contribution < 1.29 is 14.3 Å². The van der Waals surface area contributed by atoms with Gasteiger partial charge in [-0.15, -0.1) is 11.8 Å². The second-order valence-corrected chi connectivity index (χ2v) is 5.01. The Morgan fingerprint density at radius 2 is 2.38 bits per heavy atom. The average molecular weight is 262 g/mol. The van der Waals surface area contributed by atoms with Gasteiger partial charge in [0.2, 0.25) is 0 Å². The molecular formula is C10H9ClFNO2S. The van der Waals surface area contributed by atoms with E-state index in [1.165, 1.54) is 30.0 Å². The third-order valence-electron chi connectivity index (χ3n) is 2.32. The molecule has 1 aliphatic rings. The maximum Gasteiger partial charge on any atom is 0.321 e. The summed E-state index contributed by atoms with van der Waals surface area (Å²) in [7, 11) is 0. The first-order valence-corrected chi connectivity index (χ1v) is 6.06. The van der Waals surface area contributed by atoms with Crippen molar-refractivity contribution in [2.24, 2.45) is 0 Å². The molecule has 1 aromatic carbocycles. The Hall–Kier alpha value is -0.780. The lowest BCUT2D eigenvalue weighted by Gasteiger charge is -2.12. The Labute approximate surface area is 101 Å². The number of nitrogens with one attached hydrogen (secondary N) is 1. The van der Waals surface area contributed by atoms with Crippen molar-refractivity contribution in [3.05, 3.63) is 34.6 Å². The number of carboxylic acids is 1. The molecule has 86 valence electrons. The van der Waals surface area contributed by atoms with Gasteiger partial charge in [-0.05, 0) is 18.2 Å². The fourth-order valence-electron chi connectivity index (χ4n) is 1.51. The van der Waals surface area contributed by atoms with Crippen molar-refractivity contribution in [3.63, 3.8) is 0 Å². The number of halogens is 2. The Morgan fingerprint density at radius 3 is 3.00 bits per heavy atom. The maximum absolute atomic E-state index is 13.5. The highest BCUT2D eigenvalue weighted by Gasteiger charge is 2.31. The fourth-order valence-corrected chi connectivity index (χ4v) is 2.93. The van der Waals surface area contributed by atoms with Crippen molar-refractivity contribution in [2.45, 2.75) is 11.4 Å². The monoisotopic (exact) mass is 261 g/mol. The molecule has 0 radical (unpaired) electrons. The highest BCUT2D eigenvalue weighted by atomic mass is 35.5. The van der Waals surface area contributed by atoms with Crippen molar-refractivity contribution >= 4 is 29.3 Å². The number of benzene rings is 1. The van der Waals surface area contributed by atoms with Crippen LogP contribution < -0.4 is 5.32 Å². The first-order chi connectivity index (χ1) is 7.58. The molecule has 0 spiro atoms. The van der Waals surface area contributed by atoms with Gasteiger partial charge in [0.25, 0.3) is 0 Å². The lowest BCUT2D eigenvalue weighted by atomic mass is 10.2. The van der Waals surface area contributed by atoms with E-state index in [2.05, 4.69) is 5.32 Å². The quantitative estimate of drug-likeness (QED) is 0.858. The molecule has 3 nitrogen and oxygen atoms in total. The number of rotatable bonds is 2. The third kappa shape index (κ3) is 2.31. The summed E-state index contributed by atoms with van der Waals surface area (Å²) in [6.07, 6.45) is 0. The minimum absolute atomic E-state index is 0.347. The van der Waals surface area contributed by atoms with E-state index in [9.17, 15) is 9.18 Å². The van der Waals surface area contributed by atoms with Gasteiger partial charge < -0.3 is 5.11 Å². The van der Waals surface area contributed by atoms with Crippen LogP contribution in [0.2, 0.25) is 5.02 Å². The normalized spacial score (nSPS) is 24.6. The van der Waals surface area contributed by atoms with Crippen molar-refractivity contribution in [3.8, 4) is 0 Å². The van der Waals surface area contributed by atoms with Gasteiger partial charge in [0.15, 0.2) is 0 Å². The van der Waals surface area contributed by atoms with Crippen molar-refractivity contribution in [2.75, 3.05) is 5.75 Å². The number of carboxylic acid groups (broad SMARTS) is 1. The molecule has 16 heavy (non-hydrogen) atoms. The van der Waals surface area contributed by atoms with E-state index in [4.69, 9.17) is 16.7 Å². The highest BCUT2D eigenvalue weighted by Crippen LogP contribution is 2.35. The predicted octanol–water partition coefficient (Wildman–Crippen LogP) is 2.27. The van der Waals surface area contributed by atoms with Gasteiger partial charge in [-0.2, -0.15) is 0 Å². The molecule has 1 saturated heterocycles. The summed E-state index contributed by atoms with van der Waals surface area (Å²) in [5.41, 5.74) is 0.404. The topological polar surface area (TPSA) is 49.3 Å². The number of thioether (sulfide) groups is 1. The van der Waals surface area contributed by atoms with Crippen LogP contribution in [0.3, 0.4) is 0 Å². The van der Waals surface area contributed by atoms with E-state index in [1.807, 2.05) is 0 Å². The summed E-state index contributed by atoms with van der Waals surface area (Å²) >= 11 is 7.14. The molecular weight excluding hydrogens is 253 g/mol. The zero-order valence-electron chi connectivity index (χ0n) is 8.11. The van der Waals surface area contributed by atoms with Crippen LogP contribution in [0, 0.1) is 5.82 Å². The lowest BCUT2D eigenvalue weighted by molar-refractivity contribution is -0.138. The summed E-state index contributed by atoms with van der Waals surface area (Å²) in [6.45, 7) is 0. The Kier molecular flexibility index (Phi) is 3.37. The summed E-state index contributed by atoms with van der Waals surface area (Å²) < 4.78 is 13.5. The summed E-state index contributed by atoms with van der Waals surface area (Å²) in [6, 6.07) is 3.64. The molecule has 1 unspecified atom stereocenters. The van der Waals surface area contributed by atoms with Crippen LogP contribution in [0.1, 0.15) is 10.9 Å². The van der Waals surface area contributed by atoms with E-state index in [0.29, 0.717) is 16.3 Å². The zero-order valence-corrected chi connectivity index (χ0v) is 9.69. The maximum atomic E-state index is 13.5. The molecule has 0 aromatic heterocycles. The highest BCUT2D eigenvalue weighted by molar-refractivity contribution is 7.99. The lowest BCUT2D eigenvalue weighted by Crippen LogP contribution is -2.33. The molecule has 0 amide bonds. The predicted molar refractivity (Wildman–Crippen MR) is 61.2 cm³/mol. The Morgan fingerprint density at radius 1 is 1.62 bits per heavy atom. The van der Waals surface area contributed by atoms with E-state index in [-0.39, 0.29) is 11.2 Å². The van der Waals surface area contributed by atoms with Crippen LogP contribution in [0.4, 0.5) is 4.39 Å². The third-order valence-corrected chi connectivity index (χ3v) is 3.80. The summed E-state index contributed by atoms with van der Waals surface area (Å²) in [4.78, 5) is 10.7. The second kappa shape index (κ2) is 4.61. The van der Waals surface area contributed by atoms with Gasteiger partial charge >= 0.3 is 5.97 Å². The van der Waals surface area contributed by atoms with E-state index < -0.39 is 12.0 Å². The van der Waals surface area contributed by atoms with Crippen LogP contribution in [0.15, 0.2) is 18.2 Å². The van der Waals surface area contributed by atoms with Gasteiger partial charge in [0.1, 0.15) is 11.9 Å². The van der Waals surface area contributed by atoms with E-state index in [1.54, 1.807) is 0 Å². The first-order valence-electron chi connectivity index (χ1n) is 4.63. The van der Waals surface area contributed by atoms with Crippen LogP contribution >= 0.6 is 23.4 Å². The largest absolute Gasteiger partial charge is 0.480 e. The number of aliphatic carboxylic acids is 1. The molecule has 6 heteroatoms. The minimum atomic E-state index is -0.919. The molecule has 2 atom stereocenters. The molecule has 1 fully saturated rings. The van der Waals surface area contributed by atoms with Crippen LogP contribution in [-0.2, 0) is 4.79 Å². The molecule has 0 saturated carbocycles. The zero-order chi connectivity index (χ0) is 11.7. The molecule has 1 aliphatic heterocycles. The van der Waals surface area contributed by atoms with E-state index in [0.717, 1.165) is 0 Å². The molecule has 0 aliphatic carbocycles. The molecule has 1 heterocycles. The van der Waals surface area contributed by atoms with Crippen LogP contribution in [0.25, 0.3) is 0 Å². The van der Waals surface area contributed by atoms with Gasteiger partial charge in [-0.25, -0.2) is 4.39 Å². The van der Waals surface area contributed by atoms with Gasteiger partial charge in [0.05, 0.1) is 5.37 Å². The van der Waals surface area contributed by atoms with Gasteiger partial charge in [-0.1, -0.05) is 11.6 Å². The average Bonchev–Trinajstić information content (AvgIpc) is 2.70. The van der Waals surface area contributed by atoms with Crippen LogP contribution in [-0.4, -0.2) is 22.9 Å². The fraction of sp³-hybridized carbons (Fsp3) is 0.300. The van der Waals surface area contributed by atoms with E-state index >= 15 is 0 Å². The summed E-state index contributed by atoms with van der Waals surface area (Å²) in [5.74, 6) is -0.871. The Bertz CT molecular complexity index is 429. The second-order valence-electron chi connectivity index (χ2n) is 3.44. The standard InChI is InChI=1S/C10H9ClFNO2S/c11-5-1-2-7(12)6(3-5)9-13-8(4-16-9)10(14)15/h1-3,8-9,13H,4H2,(H,14,15)/t8-,9?/m0/s1. The number of hydrogen-bond acceptors (Lipinski definition) is 3. The molecule has 0 bridgehead atoms. The smallest absolute Gasteiger partial charge is 0.321 e. The molecule has 2 rings (SSSR count). The summed E-state index contributed by atoms with van der Waals surface area (Å²) in [5, 5.41) is 11.7. The van der Waals surface area contributed by atoms with Crippen molar-refractivity contribution in [1.29, 1.82) is 0 Å². The minimum Gasteiger partial charge on any atom is -0.480 e. The number of hydrogen-bond donors (Lipinski definition) is 2. The first kappa shape index (κ1) is 11.7. The van der Waals surface area contributed by atoms with Gasteiger partial charge in [-0.3, -0.25) is 10.1 Å². The SMILES string of the molecule is O=C(O)[C@@H]1CSC(c2cc(Cl)ccc2F)N1. The van der Waals surface area contributed by atoms with Gasteiger partial charge in [0, 0.05) is 16.3 Å². The number of carbonyl (C=O) groups is 1. The molecule has 1 aromatic rings.